The number of rotatable bonds is 3. The van der Waals surface area contributed by atoms with Crippen molar-refractivity contribution in [1.29, 1.82) is 0 Å². The number of anilines is 2. The number of carbonyl (C=O) groups excluding carboxylic acids is 1. The first kappa shape index (κ1) is 19.4. The third-order valence-corrected chi connectivity index (χ3v) is 4.84. The molecule has 3 aromatic rings. The van der Waals surface area contributed by atoms with Gasteiger partial charge in [-0.2, -0.15) is 0 Å². The van der Waals surface area contributed by atoms with Crippen LogP contribution < -0.4 is 4.90 Å². The van der Waals surface area contributed by atoms with E-state index in [1.165, 1.54) is 11.1 Å². The summed E-state index contributed by atoms with van der Waals surface area (Å²) in [5.74, 6) is 2.29. The maximum absolute atomic E-state index is 13.2. The second-order valence-corrected chi connectivity index (χ2v) is 7.04. The maximum Gasteiger partial charge on any atom is 0.264 e. The van der Waals surface area contributed by atoms with Crippen molar-refractivity contribution in [3.8, 4) is 23.5 Å². The van der Waals surface area contributed by atoms with Crippen LogP contribution in [0.25, 0.3) is 11.1 Å². The van der Waals surface area contributed by atoms with Gasteiger partial charge in [0.25, 0.3) is 5.91 Å². The fourth-order valence-electron chi connectivity index (χ4n) is 3.07. The average Bonchev–Trinajstić information content (AvgIpc) is 3.40. The molecule has 0 N–H and O–H groups in total. The number of amides is 1. The van der Waals surface area contributed by atoms with Crippen LogP contribution in [0.3, 0.4) is 0 Å². The van der Waals surface area contributed by atoms with Gasteiger partial charge in [-0.1, -0.05) is 53.9 Å². The van der Waals surface area contributed by atoms with Crippen molar-refractivity contribution < 1.29 is 4.79 Å². The van der Waals surface area contributed by atoms with Crippen LogP contribution in [0.5, 0.6) is 0 Å². The Balaban J connectivity index is 0.000000305. The van der Waals surface area contributed by atoms with E-state index in [4.69, 9.17) is 18.0 Å². The van der Waals surface area contributed by atoms with Gasteiger partial charge in [-0.05, 0) is 59.7 Å². The molecule has 1 heterocycles. The van der Waals surface area contributed by atoms with Gasteiger partial charge in [-0.25, -0.2) is 0 Å². The van der Waals surface area contributed by atoms with Gasteiger partial charge >= 0.3 is 0 Å². The van der Waals surface area contributed by atoms with Crippen LogP contribution in [0, 0.1) is 12.3 Å². The minimum absolute atomic E-state index is 0.237. The Morgan fingerprint density at radius 1 is 0.867 bits per heavy atom. The van der Waals surface area contributed by atoms with E-state index in [2.05, 4.69) is 35.2 Å². The fraction of sp³-hybridized carbons (Fsp3) is 0. The van der Waals surface area contributed by atoms with Crippen LogP contribution in [-0.4, -0.2) is 10.9 Å². The van der Waals surface area contributed by atoms with Crippen molar-refractivity contribution in [3.63, 3.8) is 0 Å². The van der Waals surface area contributed by atoms with Crippen LogP contribution in [0.4, 0.5) is 11.4 Å². The number of para-hydroxylation sites is 1. The third kappa shape index (κ3) is 4.25. The van der Waals surface area contributed by atoms with E-state index in [1.54, 1.807) is 41.6 Å². The fourth-order valence-corrected chi connectivity index (χ4v) is 3.24. The number of nitrogens with zero attached hydrogens (tertiary/aromatic N) is 2. The number of terminal acetylenes is 1. The Morgan fingerprint density at radius 3 is 2.17 bits per heavy atom. The molecule has 5 rings (SSSR count). The maximum atomic E-state index is 13.2. The van der Waals surface area contributed by atoms with Gasteiger partial charge in [-0.15, -0.1) is 6.42 Å². The normalized spacial score (nSPS) is 10.3. The molecule has 0 aliphatic heterocycles. The molecule has 4 heteroatoms. The first-order chi connectivity index (χ1) is 14.7. The van der Waals surface area contributed by atoms with E-state index in [9.17, 15) is 4.79 Å². The van der Waals surface area contributed by atoms with Gasteiger partial charge in [0.2, 0.25) is 0 Å². The summed E-state index contributed by atoms with van der Waals surface area (Å²) < 4.78 is 0. The molecule has 3 nitrogen and oxygen atoms in total. The van der Waals surface area contributed by atoms with Crippen LogP contribution in [0.1, 0.15) is 15.9 Å². The highest BCUT2D eigenvalue weighted by Gasteiger charge is 2.22. The second-order valence-electron chi connectivity index (χ2n) is 6.60. The monoisotopic (exact) mass is 408 g/mol. The molecule has 0 saturated carbocycles. The Bertz CT molecular complexity index is 1170. The summed E-state index contributed by atoms with van der Waals surface area (Å²) in [6.45, 7) is 0. The van der Waals surface area contributed by atoms with Crippen LogP contribution in [0.2, 0.25) is 5.02 Å². The summed E-state index contributed by atoms with van der Waals surface area (Å²) >= 11 is 5.98. The molecule has 0 atom stereocenters. The molecule has 30 heavy (non-hydrogen) atoms. The highest BCUT2D eigenvalue weighted by Crippen LogP contribution is 2.32. The van der Waals surface area contributed by atoms with E-state index in [-0.39, 0.29) is 5.91 Å². The first-order valence-electron chi connectivity index (χ1n) is 9.33. The molecule has 0 radical (unpaired) electrons. The van der Waals surface area contributed by atoms with Gasteiger partial charge in [0.05, 0.1) is 17.4 Å². The van der Waals surface area contributed by atoms with E-state index in [0.29, 0.717) is 21.8 Å². The van der Waals surface area contributed by atoms with Crippen LogP contribution >= 0.6 is 11.6 Å². The predicted molar refractivity (Wildman–Crippen MR) is 122 cm³/mol. The van der Waals surface area contributed by atoms with Crippen molar-refractivity contribution >= 4 is 28.9 Å². The quantitative estimate of drug-likeness (QED) is 0.325. The number of hydrogen-bond donors (Lipinski definition) is 0. The van der Waals surface area contributed by atoms with Crippen molar-refractivity contribution in [2.24, 2.45) is 0 Å². The van der Waals surface area contributed by atoms with Crippen molar-refractivity contribution in [1.82, 2.24) is 4.98 Å². The lowest BCUT2D eigenvalue weighted by Crippen LogP contribution is -2.26. The Morgan fingerprint density at radius 2 is 1.60 bits per heavy atom. The highest BCUT2D eigenvalue weighted by molar-refractivity contribution is 6.31. The standard InChI is InChI=1S/C20H13ClN2O.C6H4/c1-2-15-13-16(21)10-11-19(15)20(24)23(17-7-4-3-5-8-17)18-9-6-12-22-14-18;1-2-5-4-6(5)3-1/h1,3-14H;1-4H. The topological polar surface area (TPSA) is 33.2 Å². The lowest BCUT2D eigenvalue weighted by molar-refractivity contribution is 0.0999. The molecule has 1 amide bonds. The number of pyridine rings is 1. The molecular formula is C26H17ClN2O. The average molecular weight is 409 g/mol. The number of fused-ring (bicyclic) bond motifs is 1. The molecule has 2 aromatic carbocycles. The smallest absolute Gasteiger partial charge is 0.264 e. The number of hydrogen-bond acceptors (Lipinski definition) is 2. The molecule has 0 unspecified atom stereocenters. The molecule has 0 saturated heterocycles. The lowest BCUT2D eigenvalue weighted by Gasteiger charge is -2.23. The van der Waals surface area contributed by atoms with Crippen LogP contribution in [-0.2, 0) is 0 Å². The van der Waals surface area contributed by atoms with Crippen molar-refractivity contribution in [3.05, 3.63) is 113 Å². The Hall–Kier alpha value is -3.87. The minimum atomic E-state index is -0.237. The Labute approximate surface area is 180 Å². The molecule has 0 bridgehead atoms. The molecular weight excluding hydrogens is 392 g/mol. The van der Waals surface area contributed by atoms with Gasteiger partial charge in [-0.3, -0.25) is 14.7 Å². The number of aromatic nitrogens is 1. The summed E-state index contributed by atoms with van der Waals surface area (Å²) in [6, 6.07) is 26.3. The lowest BCUT2D eigenvalue weighted by atomic mass is 10.1. The first-order valence-corrected chi connectivity index (χ1v) is 9.71. The third-order valence-electron chi connectivity index (χ3n) is 4.60. The number of halogens is 1. The second kappa shape index (κ2) is 8.65. The Kier molecular flexibility index (Phi) is 5.61. The van der Waals surface area contributed by atoms with Crippen molar-refractivity contribution in [2.75, 3.05) is 4.90 Å². The summed E-state index contributed by atoms with van der Waals surface area (Å²) in [4.78, 5) is 18.9. The van der Waals surface area contributed by atoms with Gasteiger partial charge in [0.1, 0.15) is 0 Å². The van der Waals surface area contributed by atoms with Crippen LogP contribution in [0.15, 0.2) is 97.3 Å². The molecule has 2 aliphatic carbocycles. The largest absolute Gasteiger partial charge is 0.275 e. The molecule has 0 spiro atoms. The molecule has 1 aromatic heterocycles. The van der Waals surface area contributed by atoms with E-state index in [0.717, 1.165) is 5.69 Å². The van der Waals surface area contributed by atoms with E-state index >= 15 is 0 Å². The minimum Gasteiger partial charge on any atom is -0.275 e. The summed E-state index contributed by atoms with van der Waals surface area (Å²) in [5, 5.41) is 0.493. The molecule has 2 aliphatic rings. The van der Waals surface area contributed by atoms with Gasteiger partial charge < -0.3 is 0 Å². The van der Waals surface area contributed by atoms with E-state index < -0.39 is 0 Å². The summed E-state index contributed by atoms with van der Waals surface area (Å²) in [7, 11) is 0. The zero-order valence-corrected chi connectivity index (χ0v) is 16.8. The highest BCUT2D eigenvalue weighted by atomic mass is 35.5. The predicted octanol–water partition coefficient (Wildman–Crippen LogP) is 6.36. The number of benzene rings is 3. The molecule has 144 valence electrons. The zero-order chi connectivity index (χ0) is 20.9. The number of carbonyl (C=O) groups is 1. The molecule has 0 fully saturated rings. The van der Waals surface area contributed by atoms with Gasteiger partial charge in [0, 0.05) is 22.5 Å². The summed E-state index contributed by atoms with van der Waals surface area (Å²) in [6.07, 6.45) is 8.84. The van der Waals surface area contributed by atoms with E-state index in [1.807, 2.05) is 36.4 Å². The SMILES string of the molecule is C#Cc1cc(Cl)ccc1C(=O)N(c1ccccc1)c1cccnc1.c1cc2cc-2c1. The van der Waals surface area contributed by atoms with Gasteiger partial charge in [0.15, 0.2) is 0 Å². The van der Waals surface area contributed by atoms with Crippen molar-refractivity contribution in [2.45, 2.75) is 0 Å². The summed E-state index contributed by atoms with van der Waals surface area (Å²) in [5.41, 5.74) is 5.11. The zero-order valence-electron chi connectivity index (χ0n) is 16.0.